The number of hydrogen-bond acceptors (Lipinski definition) is 3. The summed E-state index contributed by atoms with van der Waals surface area (Å²) in [6, 6.07) is 4.30. The molecule has 1 saturated heterocycles. The molecule has 1 aromatic rings. The van der Waals surface area contributed by atoms with Gasteiger partial charge in [0.15, 0.2) is 5.78 Å². The number of benzene rings is 1. The van der Waals surface area contributed by atoms with Gasteiger partial charge in [0, 0.05) is 12.5 Å². The SMILES string of the molecule is O=C(COc1ccc(F)c(Br)c1)C1CCOC1. The molecular formula is C12H12BrFO3. The molecule has 1 unspecified atom stereocenters. The van der Waals surface area contributed by atoms with Gasteiger partial charge in [-0.3, -0.25) is 4.79 Å². The first-order chi connectivity index (χ1) is 8.16. The van der Waals surface area contributed by atoms with E-state index in [4.69, 9.17) is 9.47 Å². The number of carbonyl (C=O) groups is 1. The molecule has 1 aromatic carbocycles. The van der Waals surface area contributed by atoms with Gasteiger partial charge in [-0.1, -0.05) is 0 Å². The lowest BCUT2D eigenvalue weighted by atomic mass is 10.0. The molecule has 0 radical (unpaired) electrons. The zero-order chi connectivity index (χ0) is 12.3. The quantitative estimate of drug-likeness (QED) is 0.857. The van der Waals surface area contributed by atoms with Crippen molar-refractivity contribution in [3.8, 4) is 5.75 Å². The Labute approximate surface area is 107 Å². The fourth-order valence-electron chi connectivity index (χ4n) is 1.63. The van der Waals surface area contributed by atoms with Crippen LogP contribution in [0.4, 0.5) is 4.39 Å². The van der Waals surface area contributed by atoms with Crippen molar-refractivity contribution in [2.24, 2.45) is 5.92 Å². The molecule has 1 aliphatic rings. The van der Waals surface area contributed by atoms with Crippen molar-refractivity contribution in [3.05, 3.63) is 28.5 Å². The van der Waals surface area contributed by atoms with Crippen LogP contribution in [0.25, 0.3) is 0 Å². The minimum atomic E-state index is -0.354. The number of halogens is 2. The zero-order valence-corrected chi connectivity index (χ0v) is 10.7. The molecule has 0 aromatic heterocycles. The van der Waals surface area contributed by atoms with Crippen LogP contribution in [0.3, 0.4) is 0 Å². The average Bonchev–Trinajstić information content (AvgIpc) is 2.84. The maximum atomic E-state index is 13.0. The van der Waals surface area contributed by atoms with Crippen LogP contribution in [0.1, 0.15) is 6.42 Å². The summed E-state index contributed by atoms with van der Waals surface area (Å²) in [6.45, 7) is 1.12. The predicted molar refractivity (Wildman–Crippen MR) is 63.5 cm³/mol. The van der Waals surface area contributed by atoms with Crippen LogP contribution in [0.15, 0.2) is 22.7 Å². The molecule has 5 heteroatoms. The van der Waals surface area contributed by atoms with Gasteiger partial charge in [0.05, 0.1) is 11.1 Å². The Bertz CT molecular complexity index is 416. The van der Waals surface area contributed by atoms with Crippen LogP contribution in [0.5, 0.6) is 5.75 Å². The highest BCUT2D eigenvalue weighted by atomic mass is 79.9. The molecule has 0 aliphatic carbocycles. The van der Waals surface area contributed by atoms with Crippen molar-refractivity contribution in [1.29, 1.82) is 0 Å². The lowest BCUT2D eigenvalue weighted by molar-refractivity contribution is -0.124. The van der Waals surface area contributed by atoms with E-state index < -0.39 is 0 Å². The molecule has 2 rings (SSSR count). The Balaban J connectivity index is 1.88. The summed E-state index contributed by atoms with van der Waals surface area (Å²) in [6.07, 6.45) is 0.759. The normalized spacial score (nSPS) is 19.3. The first kappa shape index (κ1) is 12.5. The minimum Gasteiger partial charge on any atom is -0.486 e. The van der Waals surface area contributed by atoms with Crippen molar-refractivity contribution >= 4 is 21.7 Å². The molecule has 0 saturated carbocycles. The van der Waals surface area contributed by atoms with Crippen molar-refractivity contribution in [2.45, 2.75) is 6.42 Å². The van der Waals surface area contributed by atoms with Crippen LogP contribution in [-0.2, 0) is 9.53 Å². The molecule has 1 aliphatic heterocycles. The lowest BCUT2D eigenvalue weighted by Crippen LogP contribution is -2.21. The topological polar surface area (TPSA) is 35.5 Å². The molecule has 0 spiro atoms. The Morgan fingerprint density at radius 2 is 2.41 bits per heavy atom. The first-order valence-corrected chi connectivity index (χ1v) is 6.14. The highest BCUT2D eigenvalue weighted by Gasteiger charge is 2.23. The highest BCUT2D eigenvalue weighted by Crippen LogP contribution is 2.22. The number of ketones is 1. The van der Waals surface area contributed by atoms with E-state index in [9.17, 15) is 9.18 Å². The lowest BCUT2D eigenvalue weighted by Gasteiger charge is -2.09. The molecule has 17 heavy (non-hydrogen) atoms. The fraction of sp³-hybridized carbons (Fsp3) is 0.417. The number of Topliss-reactive ketones (excluding diaryl/α,β-unsaturated/α-hetero) is 1. The Kier molecular flexibility index (Phi) is 4.12. The van der Waals surface area contributed by atoms with Gasteiger partial charge in [-0.2, -0.15) is 0 Å². The maximum absolute atomic E-state index is 13.0. The summed E-state index contributed by atoms with van der Waals surface area (Å²) in [7, 11) is 0. The van der Waals surface area contributed by atoms with E-state index in [1.54, 1.807) is 0 Å². The van der Waals surface area contributed by atoms with Crippen molar-refractivity contribution < 1.29 is 18.7 Å². The van der Waals surface area contributed by atoms with Crippen LogP contribution in [0.2, 0.25) is 0 Å². The van der Waals surface area contributed by atoms with Crippen LogP contribution >= 0.6 is 15.9 Å². The largest absolute Gasteiger partial charge is 0.486 e. The molecule has 92 valence electrons. The van der Waals surface area contributed by atoms with Crippen molar-refractivity contribution in [3.63, 3.8) is 0 Å². The summed E-state index contributed by atoms with van der Waals surface area (Å²) in [5.74, 6) is 0.0975. The van der Waals surface area contributed by atoms with Gasteiger partial charge in [-0.25, -0.2) is 4.39 Å². The molecule has 1 atom stereocenters. The third-order valence-electron chi connectivity index (χ3n) is 2.66. The van der Waals surface area contributed by atoms with Gasteiger partial charge in [0.2, 0.25) is 0 Å². The van der Waals surface area contributed by atoms with E-state index >= 15 is 0 Å². The van der Waals surface area contributed by atoms with Gasteiger partial charge in [-0.15, -0.1) is 0 Å². The van der Waals surface area contributed by atoms with Gasteiger partial charge in [0.25, 0.3) is 0 Å². The Morgan fingerprint density at radius 3 is 3.06 bits per heavy atom. The van der Waals surface area contributed by atoms with E-state index in [0.717, 1.165) is 6.42 Å². The molecule has 1 heterocycles. The second-order valence-electron chi connectivity index (χ2n) is 3.89. The zero-order valence-electron chi connectivity index (χ0n) is 9.12. The number of carbonyl (C=O) groups excluding carboxylic acids is 1. The minimum absolute atomic E-state index is 0.00605. The van der Waals surface area contributed by atoms with Crippen LogP contribution in [-0.4, -0.2) is 25.6 Å². The molecule has 0 amide bonds. The van der Waals surface area contributed by atoms with Crippen LogP contribution in [0, 0.1) is 11.7 Å². The Hall–Kier alpha value is -0.940. The maximum Gasteiger partial charge on any atom is 0.175 e. The van der Waals surface area contributed by atoms with Gasteiger partial charge in [0.1, 0.15) is 18.2 Å². The summed E-state index contributed by atoms with van der Waals surface area (Å²) in [5.41, 5.74) is 0. The third-order valence-corrected chi connectivity index (χ3v) is 3.26. The van der Waals surface area contributed by atoms with E-state index in [-0.39, 0.29) is 24.1 Å². The fourth-order valence-corrected chi connectivity index (χ4v) is 1.99. The predicted octanol–water partition coefficient (Wildman–Crippen LogP) is 2.57. The highest BCUT2D eigenvalue weighted by molar-refractivity contribution is 9.10. The van der Waals surface area contributed by atoms with Crippen LogP contribution < -0.4 is 4.74 Å². The molecule has 0 N–H and O–H groups in total. The van der Waals surface area contributed by atoms with E-state index in [1.165, 1.54) is 18.2 Å². The number of rotatable bonds is 4. The summed E-state index contributed by atoms with van der Waals surface area (Å²) < 4.78 is 23.7. The standard InChI is InChI=1S/C12H12BrFO3/c13-10-5-9(1-2-11(10)14)17-7-12(15)8-3-4-16-6-8/h1-2,5,8H,3-4,6-7H2. The monoisotopic (exact) mass is 302 g/mol. The van der Waals surface area contributed by atoms with Crippen molar-refractivity contribution in [1.82, 2.24) is 0 Å². The van der Waals surface area contributed by atoms with Gasteiger partial charge >= 0.3 is 0 Å². The Morgan fingerprint density at radius 1 is 1.59 bits per heavy atom. The molecule has 0 bridgehead atoms. The number of hydrogen-bond donors (Lipinski definition) is 0. The average molecular weight is 303 g/mol. The van der Waals surface area contributed by atoms with Gasteiger partial charge in [-0.05, 0) is 40.5 Å². The second-order valence-corrected chi connectivity index (χ2v) is 4.75. The summed E-state index contributed by atoms with van der Waals surface area (Å²) in [5, 5.41) is 0. The molecule has 1 fully saturated rings. The van der Waals surface area contributed by atoms with Crippen molar-refractivity contribution in [2.75, 3.05) is 19.8 Å². The molecule has 3 nitrogen and oxygen atoms in total. The summed E-state index contributed by atoms with van der Waals surface area (Å²) in [4.78, 5) is 11.7. The van der Waals surface area contributed by atoms with E-state index in [2.05, 4.69) is 15.9 Å². The second kappa shape index (κ2) is 5.60. The van der Waals surface area contributed by atoms with E-state index in [0.29, 0.717) is 23.4 Å². The smallest absolute Gasteiger partial charge is 0.175 e. The number of ether oxygens (including phenoxy) is 2. The van der Waals surface area contributed by atoms with E-state index in [1.807, 2.05) is 0 Å². The summed E-state index contributed by atoms with van der Waals surface area (Å²) >= 11 is 3.06. The first-order valence-electron chi connectivity index (χ1n) is 5.35. The van der Waals surface area contributed by atoms with Gasteiger partial charge < -0.3 is 9.47 Å². The third kappa shape index (κ3) is 3.26. The molecular weight excluding hydrogens is 291 g/mol.